The van der Waals surface area contributed by atoms with E-state index >= 15 is 0 Å². The van der Waals surface area contributed by atoms with Crippen LogP contribution in [0.1, 0.15) is 36.9 Å². The summed E-state index contributed by atoms with van der Waals surface area (Å²) in [5, 5.41) is 0. The minimum Gasteiger partial charge on any atom is -0.368 e. The maximum atomic E-state index is 12.3. The fourth-order valence-electron chi connectivity index (χ4n) is 2.61. The number of fused-ring (bicyclic) bond motifs is 1. The SMILES string of the molecule is CCC=CCC(=O)N1CCc2ccccc2C1C(N)=O. The van der Waals surface area contributed by atoms with Gasteiger partial charge in [-0.15, -0.1) is 0 Å². The first-order chi connectivity index (χ1) is 9.65. The number of amides is 2. The highest BCUT2D eigenvalue weighted by Gasteiger charge is 2.33. The van der Waals surface area contributed by atoms with Gasteiger partial charge in [-0.25, -0.2) is 0 Å². The highest BCUT2D eigenvalue weighted by Crippen LogP contribution is 2.29. The van der Waals surface area contributed by atoms with E-state index in [4.69, 9.17) is 5.73 Å². The van der Waals surface area contributed by atoms with Crippen LogP contribution in [-0.2, 0) is 16.0 Å². The minimum atomic E-state index is -0.637. The van der Waals surface area contributed by atoms with Crippen LogP contribution in [-0.4, -0.2) is 23.3 Å². The number of allylic oxidation sites excluding steroid dienone is 1. The molecule has 0 bridgehead atoms. The topological polar surface area (TPSA) is 63.4 Å². The number of primary amides is 1. The van der Waals surface area contributed by atoms with Crippen molar-refractivity contribution in [2.24, 2.45) is 5.73 Å². The lowest BCUT2D eigenvalue weighted by molar-refractivity contribution is -0.139. The quantitative estimate of drug-likeness (QED) is 0.851. The predicted octanol–water partition coefficient (Wildman–Crippen LogP) is 1.95. The van der Waals surface area contributed by atoms with E-state index < -0.39 is 11.9 Å². The van der Waals surface area contributed by atoms with E-state index in [1.165, 1.54) is 0 Å². The molecule has 1 aromatic carbocycles. The summed E-state index contributed by atoms with van der Waals surface area (Å²) in [4.78, 5) is 25.6. The van der Waals surface area contributed by atoms with Gasteiger partial charge in [-0.1, -0.05) is 43.3 Å². The molecule has 0 saturated carbocycles. The summed E-state index contributed by atoms with van der Waals surface area (Å²) in [5.41, 5.74) is 7.48. The molecule has 0 spiro atoms. The van der Waals surface area contributed by atoms with Crippen LogP contribution in [0.3, 0.4) is 0 Å². The first-order valence-corrected chi connectivity index (χ1v) is 6.96. The number of rotatable bonds is 4. The summed E-state index contributed by atoms with van der Waals surface area (Å²) < 4.78 is 0. The molecule has 0 saturated heterocycles. The van der Waals surface area contributed by atoms with Crippen LogP contribution in [0.15, 0.2) is 36.4 Å². The van der Waals surface area contributed by atoms with Crippen molar-refractivity contribution in [3.8, 4) is 0 Å². The first-order valence-electron chi connectivity index (χ1n) is 6.96. The highest BCUT2D eigenvalue weighted by atomic mass is 16.2. The second kappa shape index (κ2) is 6.37. The van der Waals surface area contributed by atoms with Crippen LogP contribution in [0.5, 0.6) is 0 Å². The molecule has 1 aliphatic heterocycles. The van der Waals surface area contributed by atoms with Gasteiger partial charge in [0.15, 0.2) is 0 Å². The van der Waals surface area contributed by atoms with Crippen molar-refractivity contribution >= 4 is 11.8 Å². The first kappa shape index (κ1) is 14.3. The van der Waals surface area contributed by atoms with Gasteiger partial charge >= 0.3 is 0 Å². The summed E-state index contributed by atoms with van der Waals surface area (Å²) in [7, 11) is 0. The van der Waals surface area contributed by atoms with E-state index in [0.717, 1.165) is 24.0 Å². The number of hydrogen-bond donors (Lipinski definition) is 1. The van der Waals surface area contributed by atoms with Crippen LogP contribution < -0.4 is 5.73 Å². The number of hydrogen-bond acceptors (Lipinski definition) is 2. The molecule has 0 aromatic heterocycles. The molecule has 1 unspecified atom stereocenters. The number of carbonyl (C=O) groups is 2. The third-order valence-corrected chi connectivity index (χ3v) is 3.57. The summed E-state index contributed by atoms with van der Waals surface area (Å²) in [6.07, 6.45) is 5.79. The molecule has 1 atom stereocenters. The zero-order valence-electron chi connectivity index (χ0n) is 11.7. The standard InChI is InChI=1S/C16H20N2O2/c1-2-3-4-9-14(19)18-11-10-12-7-5-6-8-13(12)15(18)16(17)20/h3-8,15H,2,9-11H2,1H3,(H2,17,20). The molecule has 2 N–H and O–H groups in total. The number of benzene rings is 1. The minimum absolute atomic E-state index is 0.0481. The molecule has 2 amide bonds. The molecule has 4 heteroatoms. The summed E-state index contributed by atoms with van der Waals surface area (Å²) in [5.74, 6) is -0.516. The van der Waals surface area contributed by atoms with Crippen molar-refractivity contribution in [1.29, 1.82) is 0 Å². The second-order valence-electron chi connectivity index (χ2n) is 4.92. The maximum absolute atomic E-state index is 12.3. The summed E-state index contributed by atoms with van der Waals surface area (Å²) in [6.45, 7) is 2.56. The number of nitrogens with zero attached hydrogens (tertiary/aromatic N) is 1. The smallest absolute Gasteiger partial charge is 0.244 e. The fraction of sp³-hybridized carbons (Fsp3) is 0.375. The monoisotopic (exact) mass is 272 g/mol. The van der Waals surface area contributed by atoms with Crippen LogP contribution in [0, 0.1) is 0 Å². The normalized spacial score (nSPS) is 18.1. The van der Waals surface area contributed by atoms with Gasteiger partial charge in [-0.2, -0.15) is 0 Å². The lowest BCUT2D eigenvalue weighted by Crippen LogP contribution is -2.45. The molecule has 1 aromatic rings. The molecular weight excluding hydrogens is 252 g/mol. The van der Waals surface area contributed by atoms with Gasteiger partial charge in [-0.3, -0.25) is 9.59 Å². The fourth-order valence-corrected chi connectivity index (χ4v) is 2.61. The lowest BCUT2D eigenvalue weighted by atomic mass is 9.92. The van der Waals surface area contributed by atoms with Gasteiger partial charge in [0.25, 0.3) is 0 Å². The van der Waals surface area contributed by atoms with Crippen LogP contribution in [0.25, 0.3) is 0 Å². The second-order valence-corrected chi connectivity index (χ2v) is 4.92. The van der Waals surface area contributed by atoms with E-state index in [1.54, 1.807) is 4.90 Å². The Balaban J connectivity index is 2.24. The van der Waals surface area contributed by atoms with Gasteiger partial charge in [0, 0.05) is 13.0 Å². The predicted molar refractivity (Wildman–Crippen MR) is 77.8 cm³/mol. The molecule has 1 aliphatic rings. The van der Waals surface area contributed by atoms with Crippen molar-refractivity contribution in [2.75, 3.05) is 6.54 Å². The van der Waals surface area contributed by atoms with Crippen LogP contribution >= 0.6 is 0 Å². The Morgan fingerprint density at radius 2 is 2.10 bits per heavy atom. The van der Waals surface area contributed by atoms with Crippen molar-refractivity contribution in [3.05, 3.63) is 47.5 Å². The molecule has 0 aliphatic carbocycles. The maximum Gasteiger partial charge on any atom is 0.244 e. The van der Waals surface area contributed by atoms with Crippen molar-refractivity contribution < 1.29 is 9.59 Å². The van der Waals surface area contributed by atoms with E-state index in [0.29, 0.717) is 13.0 Å². The van der Waals surface area contributed by atoms with E-state index in [2.05, 4.69) is 0 Å². The average molecular weight is 272 g/mol. The molecule has 0 fully saturated rings. The molecular formula is C16H20N2O2. The van der Waals surface area contributed by atoms with Crippen molar-refractivity contribution in [3.63, 3.8) is 0 Å². The van der Waals surface area contributed by atoms with E-state index in [9.17, 15) is 9.59 Å². The Labute approximate surface area is 119 Å². The van der Waals surface area contributed by atoms with Gasteiger partial charge in [0.2, 0.25) is 11.8 Å². The van der Waals surface area contributed by atoms with Gasteiger partial charge < -0.3 is 10.6 Å². The Morgan fingerprint density at radius 1 is 1.35 bits per heavy atom. The third-order valence-electron chi connectivity index (χ3n) is 3.57. The highest BCUT2D eigenvalue weighted by molar-refractivity contribution is 5.89. The molecule has 20 heavy (non-hydrogen) atoms. The Morgan fingerprint density at radius 3 is 2.80 bits per heavy atom. The largest absolute Gasteiger partial charge is 0.368 e. The summed E-state index contributed by atoms with van der Waals surface area (Å²) >= 11 is 0. The van der Waals surface area contributed by atoms with Crippen molar-refractivity contribution in [2.45, 2.75) is 32.2 Å². The van der Waals surface area contributed by atoms with Crippen LogP contribution in [0.2, 0.25) is 0 Å². The number of carbonyl (C=O) groups excluding carboxylic acids is 2. The van der Waals surface area contributed by atoms with E-state index in [-0.39, 0.29) is 5.91 Å². The Kier molecular flexibility index (Phi) is 4.56. The molecule has 1 heterocycles. The van der Waals surface area contributed by atoms with Crippen molar-refractivity contribution in [1.82, 2.24) is 4.90 Å². The Bertz CT molecular complexity index is 537. The number of nitrogens with two attached hydrogens (primary N) is 1. The van der Waals surface area contributed by atoms with Crippen LogP contribution in [0.4, 0.5) is 0 Å². The molecule has 106 valence electrons. The summed E-state index contributed by atoms with van der Waals surface area (Å²) in [6, 6.07) is 7.05. The average Bonchev–Trinajstić information content (AvgIpc) is 2.45. The third kappa shape index (κ3) is 2.90. The molecule has 4 nitrogen and oxygen atoms in total. The van der Waals surface area contributed by atoms with Gasteiger partial charge in [0.05, 0.1) is 0 Å². The lowest BCUT2D eigenvalue weighted by Gasteiger charge is -2.35. The van der Waals surface area contributed by atoms with Gasteiger partial charge in [0.1, 0.15) is 6.04 Å². The van der Waals surface area contributed by atoms with Gasteiger partial charge in [-0.05, 0) is 24.0 Å². The molecule has 0 radical (unpaired) electrons. The molecule has 2 rings (SSSR count). The zero-order valence-corrected chi connectivity index (χ0v) is 11.7. The zero-order chi connectivity index (χ0) is 14.5. The van der Waals surface area contributed by atoms with E-state index in [1.807, 2.05) is 43.3 Å². The Hall–Kier alpha value is -2.10.